The Morgan fingerprint density at radius 3 is 2.29 bits per heavy atom. The van der Waals surface area contributed by atoms with Gasteiger partial charge in [-0.2, -0.15) is 5.10 Å². The zero-order valence-electron chi connectivity index (χ0n) is 19.8. The lowest BCUT2D eigenvalue weighted by Gasteiger charge is -2.26. The van der Waals surface area contributed by atoms with Crippen LogP contribution in [0.5, 0.6) is 5.75 Å². The Kier molecular flexibility index (Phi) is 8.07. The molecule has 0 radical (unpaired) electrons. The van der Waals surface area contributed by atoms with Crippen LogP contribution in [0, 0.1) is 13.8 Å². The van der Waals surface area contributed by atoms with Crippen molar-refractivity contribution in [2.75, 3.05) is 17.5 Å². The number of hydrogen-bond acceptors (Lipinski definition) is 5. The molecular weight excluding hydrogens is 450 g/mol. The van der Waals surface area contributed by atoms with Crippen molar-refractivity contribution < 1.29 is 17.9 Å². The lowest BCUT2D eigenvalue weighted by Crippen LogP contribution is -2.40. The molecule has 1 N–H and O–H groups in total. The molecule has 0 aromatic heterocycles. The Balaban J connectivity index is 1.85. The van der Waals surface area contributed by atoms with Gasteiger partial charge in [0.1, 0.15) is 12.3 Å². The molecule has 0 heterocycles. The lowest BCUT2D eigenvalue weighted by molar-refractivity contribution is -0.119. The van der Waals surface area contributed by atoms with Gasteiger partial charge >= 0.3 is 0 Å². The molecular formula is C26H29N3O4S. The number of carbonyl (C=O) groups is 1. The van der Waals surface area contributed by atoms with Crippen molar-refractivity contribution in [2.24, 2.45) is 5.10 Å². The molecule has 0 saturated heterocycles. The Labute approximate surface area is 201 Å². The monoisotopic (exact) mass is 479 g/mol. The zero-order chi connectivity index (χ0) is 24.7. The number of amides is 1. The molecule has 0 unspecified atom stereocenters. The average Bonchev–Trinajstić information content (AvgIpc) is 2.84. The van der Waals surface area contributed by atoms with E-state index in [1.54, 1.807) is 37.3 Å². The van der Waals surface area contributed by atoms with Gasteiger partial charge in [0.05, 0.1) is 22.9 Å². The summed E-state index contributed by atoms with van der Waals surface area (Å²) in [7, 11) is -3.98. The predicted molar refractivity (Wildman–Crippen MR) is 135 cm³/mol. The van der Waals surface area contributed by atoms with Gasteiger partial charge in [-0.05, 0) is 86.8 Å². The number of sulfonamides is 1. The molecule has 0 aliphatic rings. The van der Waals surface area contributed by atoms with Crippen molar-refractivity contribution in [1.29, 1.82) is 0 Å². The van der Waals surface area contributed by atoms with Gasteiger partial charge in [-0.1, -0.05) is 30.3 Å². The largest absolute Gasteiger partial charge is 0.494 e. The molecule has 1 amide bonds. The minimum atomic E-state index is -3.98. The van der Waals surface area contributed by atoms with Gasteiger partial charge in [0.15, 0.2) is 0 Å². The summed E-state index contributed by atoms with van der Waals surface area (Å²) < 4.78 is 33.5. The molecule has 8 heteroatoms. The molecule has 0 fully saturated rings. The van der Waals surface area contributed by atoms with Gasteiger partial charge in [-0.3, -0.25) is 9.10 Å². The van der Waals surface area contributed by atoms with E-state index < -0.39 is 22.5 Å². The summed E-state index contributed by atoms with van der Waals surface area (Å²) in [5, 5.41) is 4.17. The Morgan fingerprint density at radius 1 is 0.971 bits per heavy atom. The van der Waals surface area contributed by atoms with Crippen molar-refractivity contribution in [3.05, 3.63) is 89.5 Å². The SMILES string of the molecule is CCOc1ccc(/C(C)=N/NC(=O)CN(c2cccc(C)c2C)S(=O)(=O)c2ccccc2)cc1. The summed E-state index contributed by atoms with van der Waals surface area (Å²) in [5.74, 6) is 0.198. The maximum Gasteiger partial charge on any atom is 0.264 e. The second kappa shape index (κ2) is 11.0. The van der Waals surface area contributed by atoms with E-state index in [4.69, 9.17) is 4.74 Å². The number of nitrogens with one attached hydrogen (secondary N) is 1. The van der Waals surface area contributed by atoms with Crippen LogP contribution in [0.15, 0.2) is 82.8 Å². The van der Waals surface area contributed by atoms with Gasteiger partial charge in [0.25, 0.3) is 15.9 Å². The van der Waals surface area contributed by atoms with Gasteiger partial charge in [-0.15, -0.1) is 0 Å². The molecule has 0 bridgehead atoms. The molecule has 0 aliphatic carbocycles. The van der Waals surface area contributed by atoms with Gasteiger partial charge in [0, 0.05) is 0 Å². The first-order valence-electron chi connectivity index (χ1n) is 10.9. The summed E-state index contributed by atoms with van der Waals surface area (Å²) >= 11 is 0. The quantitative estimate of drug-likeness (QED) is 0.363. The Morgan fingerprint density at radius 2 is 1.65 bits per heavy atom. The number of carbonyl (C=O) groups excluding carboxylic acids is 1. The fourth-order valence-electron chi connectivity index (χ4n) is 3.36. The highest BCUT2D eigenvalue weighted by atomic mass is 32.2. The molecule has 7 nitrogen and oxygen atoms in total. The van der Waals surface area contributed by atoms with Crippen LogP contribution in [-0.4, -0.2) is 33.2 Å². The summed E-state index contributed by atoms with van der Waals surface area (Å²) in [4.78, 5) is 12.9. The van der Waals surface area contributed by atoms with Crippen molar-refractivity contribution in [3.8, 4) is 5.75 Å². The molecule has 34 heavy (non-hydrogen) atoms. The van der Waals surface area contributed by atoms with Crippen molar-refractivity contribution >= 4 is 27.3 Å². The number of anilines is 1. The first-order chi connectivity index (χ1) is 16.2. The van der Waals surface area contributed by atoms with Gasteiger partial charge < -0.3 is 4.74 Å². The maximum atomic E-state index is 13.5. The van der Waals surface area contributed by atoms with Crippen LogP contribution < -0.4 is 14.5 Å². The zero-order valence-corrected chi connectivity index (χ0v) is 20.6. The van der Waals surface area contributed by atoms with E-state index in [9.17, 15) is 13.2 Å². The molecule has 3 aromatic rings. The number of hydrazone groups is 1. The third-order valence-electron chi connectivity index (χ3n) is 5.39. The normalized spacial score (nSPS) is 11.7. The standard InChI is InChI=1S/C26H29N3O4S/c1-5-33-23-16-14-22(15-17-23)21(4)27-28-26(30)18-29(25-13-9-10-19(2)20(25)3)34(31,32)24-11-7-6-8-12-24/h6-17H,5,18H2,1-4H3,(H,28,30)/b27-21+. The van der Waals surface area contributed by atoms with Crippen LogP contribution in [0.2, 0.25) is 0 Å². The van der Waals surface area contributed by atoms with E-state index in [0.717, 1.165) is 26.7 Å². The van der Waals surface area contributed by atoms with Crippen LogP contribution >= 0.6 is 0 Å². The molecule has 0 atom stereocenters. The van der Waals surface area contributed by atoms with Crippen LogP contribution in [0.4, 0.5) is 5.69 Å². The van der Waals surface area contributed by atoms with Crippen molar-refractivity contribution in [1.82, 2.24) is 5.43 Å². The fourth-order valence-corrected chi connectivity index (χ4v) is 4.86. The highest BCUT2D eigenvalue weighted by Gasteiger charge is 2.28. The molecule has 0 aliphatic heterocycles. The van der Waals surface area contributed by atoms with E-state index >= 15 is 0 Å². The highest BCUT2D eigenvalue weighted by molar-refractivity contribution is 7.92. The minimum Gasteiger partial charge on any atom is -0.494 e. The van der Waals surface area contributed by atoms with Crippen LogP contribution in [0.1, 0.15) is 30.5 Å². The number of nitrogens with zero attached hydrogens (tertiary/aromatic N) is 2. The first kappa shape index (κ1) is 25.0. The van der Waals surface area contributed by atoms with E-state index in [2.05, 4.69) is 10.5 Å². The van der Waals surface area contributed by atoms with Gasteiger partial charge in [-0.25, -0.2) is 13.8 Å². The summed E-state index contributed by atoms with van der Waals surface area (Å²) in [6.07, 6.45) is 0. The molecule has 0 spiro atoms. The van der Waals surface area contributed by atoms with E-state index in [1.165, 1.54) is 12.1 Å². The van der Waals surface area contributed by atoms with Crippen molar-refractivity contribution in [2.45, 2.75) is 32.6 Å². The smallest absolute Gasteiger partial charge is 0.264 e. The second-order valence-corrected chi connectivity index (χ2v) is 9.60. The summed E-state index contributed by atoms with van der Waals surface area (Å²) in [6, 6.07) is 20.8. The van der Waals surface area contributed by atoms with Gasteiger partial charge in [0.2, 0.25) is 0 Å². The number of benzene rings is 3. The van der Waals surface area contributed by atoms with Crippen LogP contribution in [0.3, 0.4) is 0 Å². The number of ether oxygens (including phenoxy) is 1. The van der Waals surface area contributed by atoms with Crippen molar-refractivity contribution in [3.63, 3.8) is 0 Å². The van der Waals surface area contributed by atoms with E-state index in [-0.39, 0.29) is 4.90 Å². The predicted octanol–water partition coefficient (Wildman–Crippen LogP) is 4.44. The molecule has 3 rings (SSSR count). The number of aryl methyl sites for hydroxylation is 1. The van der Waals surface area contributed by atoms with Crippen LogP contribution in [-0.2, 0) is 14.8 Å². The fraction of sp³-hybridized carbons (Fsp3) is 0.231. The van der Waals surface area contributed by atoms with Crippen LogP contribution in [0.25, 0.3) is 0 Å². The second-order valence-electron chi connectivity index (χ2n) is 7.73. The third-order valence-corrected chi connectivity index (χ3v) is 7.17. The molecule has 0 saturated carbocycles. The number of hydrogen-bond donors (Lipinski definition) is 1. The molecule has 178 valence electrons. The van der Waals surface area contributed by atoms with E-state index in [1.807, 2.05) is 51.1 Å². The average molecular weight is 480 g/mol. The van der Waals surface area contributed by atoms with E-state index in [0.29, 0.717) is 18.0 Å². The Bertz CT molecular complexity index is 1270. The topological polar surface area (TPSA) is 88.1 Å². The Hall–Kier alpha value is -3.65. The number of rotatable bonds is 9. The maximum absolute atomic E-state index is 13.5. The third kappa shape index (κ3) is 5.82. The first-order valence-corrected chi connectivity index (χ1v) is 12.4. The lowest BCUT2D eigenvalue weighted by atomic mass is 10.1. The summed E-state index contributed by atoms with van der Waals surface area (Å²) in [5.41, 5.74) is 6.04. The molecule has 3 aromatic carbocycles. The summed E-state index contributed by atoms with van der Waals surface area (Å²) in [6.45, 7) is 7.57. The minimum absolute atomic E-state index is 0.109. The highest BCUT2D eigenvalue weighted by Crippen LogP contribution is 2.28.